The van der Waals surface area contributed by atoms with E-state index in [0.717, 1.165) is 0 Å². The van der Waals surface area contributed by atoms with Gasteiger partial charge >= 0.3 is 5.97 Å². The van der Waals surface area contributed by atoms with E-state index in [1.165, 1.54) is 12.0 Å². The Labute approximate surface area is 167 Å². The van der Waals surface area contributed by atoms with E-state index in [2.05, 4.69) is 0 Å². The van der Waals surface area contributed by atoms with Crippen LogP contribution in [0.2, 0.25) is 0 Å². The summed E-state index contributed by atoms with van der Waals surface area (Å²) in [6, 6.07) is 20.3. The molecule has 1 aliphatic rings. The maximum absolute atomic E-state index is 12.6. The van der Waals surface area contributed by atoms with Crippen LogP contribution in [-0.4, -0.2) is 29.8 Å². The van der Waals surface area contributed by atoms with Crippen LogP contribution < -0.4 is 9.47 Å². The molecule has 0 N–H and O–H groups in total. The van der Waals surface area contributed by atoms with E-state index in [0.29, 0.717) is 28.2 Å². The lowest BCUT2D eigenvalue weighted by Crippen LogP contribution is -2.29. The maximum atomic E-state index is 12.6. The zero-order valence-electron chi connectivity index (χ0n) is 15.6. The third-order valence-corrected chi connectivity index (χ3v) is 4.66. The van der Waals surface area contributed by atoms with Crippen LogP contribution in [-0.2, 0) is 6.54 Å². The Balaban J connectivity index is 1.60. The molecule has 0 spiro atoms. The van der Waals surface area contributed by atoms with Crippen LogP contribution in [0.25, 0.3) is 0 Å². The van der Waals surface area contributed by atoms with Crippen molar-refractivity contribution in [2.75, 3.05) is 7.11 Å². The molecule has 0 saturated heterocycles. The number of carbonyl (C=O) groups is 3. The van der Waals surface area contributed by atoms with E-state index < -0.39 is 5.97 Å². The Hall–Kier alpha value is -3.93. The van der Waals surface area contributed by atoms with Crippen LogP contribution >= 0.6 is 0 Å². The second-order valence-corrected chi connectivity index (χ2v) is 6.48. The molecule has 0 saturated carbocycles. The Morgan fingerprint density at radius 1 is 0.862 bits per heavy atom. The third kappa shape index (κ3) is 3.48. The van der Waals surface area contributed by atoms with Crippen LogP contribution in [0.1, 0.15) is 36.6 Å². The molecule has 0 fully saturated rings. The number of para-hydroxylation sites is 1. The Morgan fingerprint density at radius 2 is 1.48 bits per heavy atom. The van der Waals surface area contributed by atoms with E-state index in [1.807, 2.05) is 6.07 Å². The lowest BCUT2D eigenvalue weighted by Gasteiger charge is -2.16. The maximum Gasteiger partial charge on any atom is 0.347 e. The van der Waals surface area contributed by atoms with Crippen molar-refractivity contribution in [2.24, 2.45) is 0 Å². The lowest BCUT2D eigenvalue weighted by molar-refractivity contribution is 0.0642. The second-order valence-electron chi connectivity index (χ2n) is 6.48. The van der Waals surface area contributed by atoms with Crippen LogP contribution in [0.4, 0.5) is 0 Å². The number of ether oxygens (including phenoxy) is 2. The summed E-state index contributed by atoms with van der Waals surface area (Å²) in [6.45, 7) is 0.0436. The van der Waals surface area contributed by atoms with Gasteiger partial charge < -0.3 is 9.47 Å². The summed E-state index contributed by atoms with van der Waals surface area (Å²) in [5.41, 5.74) is 1.59. The summed E-state index contributed by atoms with van der Waals surface area (Å²) >= 11 is 0. The SMILES string of the molecule is COc1ccc(CN2C(=O)c3ccccc3C2=O)cc1C(=O)Oc1ccccc1. The van der Waals surface area contributed by atoms with Crippen molar-refractivity contribution in [1.29, 1.82) is 0 Å². The van der Waals surface area contributed by atoms with E-state index in [9.17, 15) is 14.4 Å². The van der Waals surface area contributed by atoms with E-state index in [1.54, 1.807) is 66.7 Å². The van der Waals surface area contributed by atoms with Crippen molar-refractivity contribution in [3.8, 4) is 11.5 Å². The molecule has 1 heterocycles. The zero-order valence-corrected chi connectivity index (χ0v) is 15.6. The van der Waals surface area contributed by atoms with E-state index >= 15 is 0 Å². The standard InChI is InChI=1S/C23H17NO5/c1-28-20-12-11-15(13-19(20)23(27)29-16-7-3-2-4-8-16)14-24-21(25)17-9-5-6-10-18(17)22(24)26/h2-13H,14H2,1H3. The molecule has 0 radical (unpaired) electrons. The fourth-order valence-corrected chi connectivity index (χ4v) is 3.23. The quantitative estimate of drug-likeness (QED) is 0.379. The first kappa shape index (κ1) is 18.4. The highest BCUT2D eigenvalue weighted by Gasteiger charge is 2.35. The van der Waals surface area contributed by atoms with Gasteiger partial charge in [-0.1, -0.05) is 36.4 Å². The van der Waals surface area contributed by atoms with Gasteiger partial charge in [0.1, 0.15) is 17.1 Å². The average molecular weight is 387 g/mol. The minimum Gasteiger partial charge on any atom is -0.496 e. The summed E-state index contributed by atoms with van der Waals surface area (Å²) in [5, 5.41) is 0. The van der Waals surface area contributed by atoms with Gasteiger partial charge in [-0.15, -0.1) is 0 Å². The summed E-state index contributed by atoms with van der Waals surface area (Å²) in [5.74, 6) is -0.538. The molecule has 6 heteroatoms. The molecule has 0 bridgehead atoms. The van der Waals surface area contributed by atoms with Gasteiger partial charge in [-0.3, -0.25) is 14.5 Å². The number of rotatable bonds is 5. The Bertz CT molecular complexity index is 1070. The molecule has 0 aliphatic carbocycles. The van der Waals surface area contributed by atoms with Gasteiger partial charge in [0.2, 0.25) is 0 Å². The van der Waals surface area contributed by atoms with Gasteiger partial charge in [0.05, 0.1) is 24.8 Å². The molecular weight excluding hydrogens is 370 g/mol. The van der Waals surface area contributed by atoms with Gasteiger partial charge in [0, 0.05) is 0 Å². The molecule has 144 valence electrons. The summed E-state index contributed by atoms with van der Waals surface area (Å²) < 4.78 is 10.7. The highest BCUT2D eigenvalue weighted by molar-refractivity contribution is 6.21. The summed E-state index contributed by atoms with van der Waals surface area (Å²) in [4.78, 5) is 39.0. The average Bonchev–Trinajstić information content (AvgIpc) is 2.99. The molecule has 3 aromatic carbocycles. The number of nitrogens with zero attached hydrogens (tertiary/aromatic N) is 1. The fourth-order valence-electron chi connectivity index (χ4n) is 3.23. The first-order chi connectivity index (χ1) is 14.1. The smallest absolute Gasteiger partial charge is 0.347 e. The number of hydrogen-bond acceptors (Lipinski definition) is 5. The first-order valence-electron chi connectivity index (χ1n) is 8.98. The van der Waals surface area contributed by atoms with Crippen LogP contribution in [0.15, 0.2) is 72.8 Å². The van der Waals surface area contributed by atoms with E-state index in [4.69, 9.17) is 9.47 Å². The molecule has 0 unspecified atom stereocenters. The first-order valence-corrected chi connectivity index (χ1v) is 8.98. The molecule has 1 aliphatic heterocycles. The third-order valence-electron chi connectivity index (χ3n) is 4.66. The van der Waals surface area contributed by atoms with Crippen molar-refractivity contribution >= 4 is 17.8 Å². The fraction of sp³-hybridized carbons (Fsp3) is 0.0870. The molecule has 0 atom stereocenters. The van der Waals surface area contributed by atoms with Crippen LogP contribution in [0, 0.1) is 0 Å². The van der Waals surface area contributed by atoms with Gasteiger partial charge in [-0.25, -0.2) is 4.79 Å². The van der Waals surface area contributed by atoms with Crippen molar-refractivity contribution in [3.05, 3.63) is 95.1 Å². The molecule has 0 aromatic heterocycles. The van der Waals surface area contributed by atoms with Gasteiger partial charge in [-0.2, -0.15) is 0 Å². The Morgan fingerprint density at radius 3 is 2.10 bits per heavy atom. The minimum atomic E-state index is -0.586. The predicted molar refractivity (Wildman–Crippen MR) is 105 cm³/mol. The zero-order chi connectivity index (χ0) is 20.4. The van der Waals surface area contributed by atoms with Crippen LogP contribution in [0.5, 0.6) is 11.5 Å². The van der Waals surface area contributed by atoms with Crippen molar-refractivity contribution < 1.29 is 23.9 Å². The number of amides is 2. The molecule has 29 heavy (non-hydrogen) atoms. The van der Waals surface area contributed by atoms with Gasteiger partial charge in [0.15, 0.2) is 0 Å². The summed E-state index contributed by atoms with van der Waals surface area (Å²) in [6.07, 6.45) is 0. The number of fused-ring (bicyclic) bond motifs is 1. The molecular formula is C23H17NO5. The molecule has 2 amide bonds. The highest BCUT2D eigenvalue weighted by atomic mass is 16.5. The molecule has 4 rings (SSSR count). The number of esters is 1. The summed E-state index contributed by atoms with van der Waals surface area (Å²) in [7, 11) is 1.46. The number of methoxy groups -OCH3 is 1. The molecule has 6 nitrogen and oxygen atoms in total. The predicted octanol–water partition coefficient (Wildman–Crippen LogP) is 3.71. The van der Waals surface area contributed by atoms with Gasteiger partial charge in [0.25, 0.3) is 11.8 Å². The largest absolute Gasteiger partial charge is 0.496 e. The minimum absolute atomic E-state index is 0.0436. The van der Waals surface area contributed by atoms with E-state index in [-0.39, 0.29) is 23.9 Å². The van der Waals surface area contributed by atoms with Crippen LogP contribution in [0.3, 0.4) is 0 Å². The number of benzene rings is 3. The van der Waals surface area contributed by atoms with Crippen molar-refractivity contribution in [1.82, 2.24) is 4.90 Å². The normalized spacial score (nSPS) is 12.7. The number of hydrogen-bond donors (Lipinski definition) is 0. The second kappa shape index (κ2) is 7.59. The Kier molecular flexibility index (Phi) is 4.83. The van der Waals surface area contributed by atoms with Crippen molar-refractivity contribution in [2.45, 2.75) is 6.54 Å². The van der Waals surface area contributed by atoms with Gasteiger partial charge in [-0.05, 0) is 42.0 Å². The topological polar surface area (TPSA) is 72.9 Å². The monoisotopic (exact) mass is 387 g/mol. The molecule has 3 aromatic rings. The van der Waals surface area contributed by atoms with Crippen molar-refractivity contribution in [3.63, 3.8) is 0 Å². The highest BCUT2D eigenvalue weighted by Crippen LogP contribution is 2.27. The number of imide groups is 1. The lowest BCUT2D eigenvalue weighted by atomic mass is 10.1. The number of carbonyl (C=O) groups excluding carboxylic acids is 3.